The van der Waals surface area contributed by atoms with Crippen molar-refractivity contribution in [3.8, 4) is 6.01 Å². The van der Waals surface area contributed by atoms with Crippen LogP contribution in [0.4, 0.5) is 4.79 Å². The van der Waals surface area contributed by atoms with E-state index in [1.807, 2.05) is 57.2 Å². The van der Waals surface area contributed by atoms with Gasteiger partial charge >= 0.3 is 6.09 Å². The minimum absolute atomic E-state index is 0.245. The molecule has 1 aromatic heterocycles. The van der Waals surface area contributed by atoms with Crippen molar-refractivity contribution >= 4 is 40.3 Å². The van der Waals surface area contributed by atoms with Crippen LogP contribution in [0.1, 0.15) is 39.2 Å². The number of piperidine rings is 1. The molecule has 2 heterocycles. The molecule has 1 aliphatic heterocycles. The Balaban J connectivity index is 1.42. The molecule has 1 saturated heterocycles. The summed E-state index contributed by atoms with van der Waals surface area (Å²) in [6.45, 7) is 8.11. The average molecular weight is 490 g/mol. The quantitative estimate of drug-likeness (QED) is 0.414. The number of fused-ring (bicyclic) bond motifs is 1. The van der Waals surface area contributed by atoms with Crippen molar-refractivity contribution in [3.63, 3.8) is 0 Å². The first-order valence-electron chi connectivity index (χ1n) is 11.2. The predicted molar refractivity (Wildman–Crippen MR) is 131 cm³/mol. The number of nitrogens with zero attached hydrogens (tertiary/aromatic N) is 3. The molecule has 0 atom stereocenters. The molecule has 4 rings (SSSR count). The van der Waals surface area contributed by atoms with Crippen molar-refractivity contribution in [2.24, 2.45) is 5.92 Å². The van der Waals surface area contributed by atoms with Gasteiger partial charge in [0.25, 0.3) is 6.01 Å². The zero-order valence-electron chi connectivity index (χ0n) is 19.2. The van der Waals surface area contributed by atoms with E-state index in [2.05, 4.69) is 4.57 Å². The molecule has 8 heteroatoms. The van der Waals surface area contributed by atoms with E-state index in [0.29, 0.717) is 48.2 Å². The Kier molecular flexibility index (Phi) is 7.05. The van der Waals surface area contributed by atoms with Crippen molar-refractivity contribution in [2.75, 3.05) is 19.7 Å². The maximum Gasteiger partial charge on any atom is 0.410 e. The van der Waals surface area contributed by atoms with E-state index in [9.17, 15) is 4.79 Å². The molecule has 1 fully saturated rings. The van der Waals surface area contributed by atoms with Crippen LogP contribution in [-0.4, -0.2) is 45.8 Å². The molecule has 0 saturated carbocycles. The van der Waals surface area contributed by atoms with Gasteiger partial charge in [-0.2, -0.15) is 4.98 Å². The summed E-state index contributed by atoms with van der Waals surface area (Å²) in [4.78, 5) is 18.8. The van der Waals surface area contributed by atoms with Crippen LogP contribution in [0.2, 0.25) is 10.0 Å². The van der Waals surface area contributed by atoms with Crippen LogP contribution < -0.4 is 4.74 Å². The second-order valence-corrected chi connectivity index (χ2v) is 10.3. The van der Waals surface area contributed by atoms with Crippen LogP contribution in [-0.2, 0) is 11.3 Å². The Bertz CT molecular complexity index is 1130. The number of rotatable bonds is 5. The van der Waals surface area contributed by atoms with Gasteiger partial charge in [0.2, 0.25) is 0 Å². The summed E-state index contributed by atoms with van der Waals surface area (Å²) in [5.41, 5.74) is 2.42. The molecular weight excluding hydrogens is 461 g/mol. The first-order chi connectivity index (χ1) is 15.7. The summed E-state index contributed by atoms with van der Waals surface area (Å²) in [5.74, 6) is 0.349. The average Bonchev–Trinajstić information content (AvgIpc) is 3.11. The van der Waals surface area contributed by atoms with E-state index < -0.39 is 5.60 Å². The Labute approximate surface area is 204 Å². The summed E-state index contributed by atoms with van der Waals surface area (Å²) in [6.07, 6.45) is 1.49. The minimum atomic E-state index is -0.482. The van der Waals surface area contributed by atoms with Crippen molar-refractivity contribution in [1.29, 1.82) is 0 Å². The van der Waals surface area contributed by atoms with Gasteiger partial charge in [-0.3, -0.25) is 4.57 Å². The van der Waals surface area contributed by atoms with E-state index >= 15 is 0 Å². The summed E-state index contributed by atoms with van der Waals surface area (Å²) in [5, 5.41) is 1.06. The molecule has 1 amide bonds. The van der Waals surface area contributed by atoms with E-state index in [0.717, 1.165) is 29.4 Å². The van der Waals surface area contributed by atoms with Gasteiger partial charge in [-0.05, 0) is 69.4 Å². The van der Waals surface area contributed by atoms with Gasteiger partial charge in [-0.15, -0.1) is 0 Å². The first-order valence-corrected chi connectivity index (χ1v) is 11.9. The van der Waals surface area contributed by atoms with Gasteiger partial charge in [0.05, 0.1) is 34.2 Å². The van der Waals surface area contributed by atoms with Crippen LogP contribution in [0, 0.1) is 5.92 Å². The molecule has 2 aromatic carbocycles. The van der Waals surface area contributed by atoms with Gasteiger partial charge in [-0.1, -0.05) is 41.4 Å². The number of para-hydroxylation sites is 2. The number of amides is 1. The fraction of sp³-hybridized carbons (Fsp3) is 0.440. The van der Waals surface area contributed by atoms with Crippen LogP contribution in [0.5, 0.6) is 6.01 Å². The fourth-order valence-corrected chi connectivity index (χ4v) is 4.26. The number of halogens is 2. The van der Waals surface area contributed by atoms with Crippen LogP contribution in [0.3, 0.4) is 0 Å². The van der Waals surface area contributed by atoms with Gasteiger partial charge in [-0.25, -0.2) is 4.79 Å². The van der Waals surface area contributed by atoms with E-state index in [1.165, 1.54) is 0 Å². The lowest BCUT2D eigenvalue weighted by Crippen LogP contribution is -2.42. The van der Waals surface area contributed by atoms with E-state index in [-0.39, 0.29) is 6.09 Å². The third-order valence-corrected chi connectivity index (χ3v) is 6.40. The molecular formula is C25H29Cl2N3O3. The molecule has 0 aliphatic carbocycles. The SMILES string of the molecule is CC(C)(C)OC(=O)N1CCC(COc2nc3ccccc3n2Cc2ccc(Cl)c(Cl)c2)CC1. The number of likely N-dealkylation sites (tertiary alicyclic amines) is 1. The summed E-state index contributed by atoms with van der Waals surface area (Å²) < 4.78 is 13.8. The summed E-state index contributed by atoms with van der Waals surface area (Å²) >= 11 is 12.3. The molecule has 0 N–H and O–H groups in total. The van der Waals surface area contributed by atoms with Gasteiger partial charge in [0, 0.05) is 13.1 Å². The molecule has 176 valence electrons. The zero-order valence-corrected chi connectivity index (χ0v) is 20.7. The fourth-order valence-electron chi connectivity index (χ4n) is 3.94. The van der Waals surface area contributed by atoms with Crippen LogP contribution in [0.15, 0.2) is 42.5 Å². The lowest BCUT2D eigenvalue weighted by molar-refractivity contribution is 0.0162. The lowest BCUT2D eigenvalue weighted by atomic mass is 9.98. The highest BCUT2D eigenvalue weighted by atomic mass is 35.5. The molecule has 1 aliphatic rings. The normalized spacial score (nSPS) is 15.1. The third-order valence-electron chi connectivity index (χ3n) is 5.66. The maximum absolute atomic E-state index is 12.3. The number of hydrogen-bond acceptors (Lipinski definition) is 4. The Morgan fingerprint density at radius 1 is 1.09 bits per heavy atom. The number of imidazole rings is 1. The number of hydrogen-bond donors (Lipinski definition) is 0. The smallest absolute Gasteiger partial charge is 0.410 e. The van der Waals surface area contributed by atoms with E-state index in [1.54, 1.807) is 11.0 Å². The summed E-state index contributed by atoms with van der Waals surface area (Å²) in [6, 6.07) is 14.2. The maximum atomic E-state index is 12.3. The Morgan fingerprint density at radius 2 is 1.82 bits per heavy atom. The monoisotopic (exact) mass is 489 g/mol. The minimum Gasteiger partial charge on any atom is -0.464 e. The molecule has 6 nitrogen and oxygen atoms in total. The van der Waals surface area contributed by atoms with Gasteiger partial charge in [0.1, 0.15) is 5.60 Å². The first kappa shape index (κ1) is 23.7. The predicted octanol–water partition coefficient (Wildman–Crippen LogP) is 6.42. The lowest BCUT2D eigenvalue weighted by Gasteiger charge is -2.33. The molecule has 0 unspecified atom stereocenters. The summed E-state index contributed by atoms with van der Waals surface area (Å²) in [7, 11) is 0. The van der Waals surface area contributed by atoms with Crippen LogP contribution >= 0.6 is 23.2 Å². The number of benzene rings is 2. The highest BCUT2D eigenvalue weighted by Crippen LogP contribution is 2.28. The van der Waals surface area contributed by atoms with Crippen molar-refractivity contribution in [3.05, 3.63) is 58.1 Å². The van der Waals surface area contributed by atoms with E-state index in [4.69, 9.17) is 37.7 Å². The zero-order chi connectivity index (χ0) is 23.6. The number of ether oxygens (including phenoxy) is 2. The van der Waals surface area contributed by atoms with Gasteiger partial charge < -0.3 is 14.4 Å². The molecule has 33 heavy (non-hydrogen) atoms. The Morgan fingerprint density at radius 3 is 2.52 bits per heavy atom. The molecule has 0 spiro atoms. The highest BCUT2D eigenvalue weighted by molar-refractivity contribution is 6.42. The number of carbonyl (C=O) groups excluding carboxylic acids is 1. The molecule has 0 radical (unpaired) electrons. The van der Waals surface area contributed by atoms with Crippen molar-refractivity contribution < 1.29 is 14.3 Å². The Hall–Kier alpha value is -2.44. The van der Waals surface area contributed by atoms with Gasteiger partial charge in [0.15, 0.2) is 0 Å². The van der Waals surface area contributed by atoms with Crippen LogP contribution in [0.25, 0.3) is 11.0 Å². The van der Waals surface area contributed by atoms with Crippen molar-refractivity contribution in [2.45, 2.75) is 45.8 Å². The standard InChI is InChI=1S/C25H29Cl2N3O3/c1-25(2,3)33-24(31)29-12-10-17(11-13-29)16-32-23-28-21-6-4-5-7-22(21)30(23)15-18-8-9-19(26)20(27)14-18/h4-9,14,17H,10-13,15-16H2,1-3H3. The second kappa shape index (κ2) is 9.82. The number of carbonyl (C=O) groups is 1. The second-order valence-electron chi connectivity index (χ2n) is 9.44. The van der Waals surface area contributed by atoms with Crippen molar-refractivity contribution in [1.82, 2.24) is 14.5 Å². The topological polar surface area (TPSA) is 56.6 Å². The molecule has 3 aromatic rings. The number of aromatic nitrogens is 2. The largest absolute Gasteiger partial charge is 0.464 e. The third kappa shape index (κ3) is 5.92. The molecule has 0 bridgehead atoms. The highest BCUT2D eigenvalue weighted by Gasteiger charge is 2.27.